The van der Waals surface area contributed by atoms with Gasteiger partial charge in [0.25, 0.3) is 0 Å². The predicted octanol–water partition coefficient (Wildman–Crippen LogP) is 2.52. The van der Waals surface area contributed by atoms with E-state index in [1.54, 1.807) is 11.8 Å². The molecular weight excluding hydrogens is 364 g/mol. The van der Waals surface area contributed by atoms with Gasteiger partial charge in [0, 0.05) is 19.2 Å². The van der Waals surface area contributed by atoms with Crippen LogP contribution in [0.2, 0.25) is 0 Å². The lowest BCUT2D eigenvalue weighted by Crippen LogP contribution is -2.49. The van der Waals surface area contributed by atoms with Gasteiger partial charge in [0.15, 0.2) is 11.0 Å². The van der Waals surface area contributed by atoms with Crippen molar-refractivity contribution in [1.29, 1.82) is 0 Å². The number of amides is 1. The lowest BCUT2D eigenvalue weighted by Gasteiger charge is -2.33. The standard InChI is InChI=1S/C19H24N4O3S/c1-3-26-18(25)15-11-7-8-12-23(15)16(24)13-27-19-21-20-17(22(19)2)14-9-5-4-6-10-14/h4-6,9-10,15H,3,7-8,11-13H2,1-2H3/t15-/m0/s1. The minimum absolute atomic E-state index is 0.0676. The van der Waals surface area contributed by atoms with E-state index in [2.05, 4.69) is 10.2 Å². The van der Waals surface area contributed by atoms with Gasteiger partial charge in [0.1, 0.15) is 6.04 Å². The number of carbonyl (C=O) groups excluding carboxylic acids is 2. The molecule has 0 spiro atoms. The van der Waals surface area contributed by atoms with Gasteiger partial charge in [-0.2, -0.15) is 0 Å². The van der Waals surface area contributed by atoms with Gasteiger partial charge in [-0.05, 0) is 26.2 Å². The molecule has 1 aliphatic heterocycles. The van der Waals surface area contributed by atoms with Crippen molar-refractivity contribution in [2.24, 2.45) is 7.05 Å². The van der Waals surface area contributed by atoms with E-state index >= 15 is 0 Å². The summed E-state index contributed by atoms with van der Waals surface area (Å²) in [4.78, 5) is 26.5. The number of thioether (sulfide) groups is 1. The molecule has 1 aromatic heterocycles. The van der Waals surface area contributed by atoms with Crippen LogP contribution in [0, 0.1) is 0 Å². The maximum atomic E-state index is 12.7. The summed E-state index contributed by atoms with van der Waals surface area (Å²) in [7, 11) is 1.89. The Hall–Kier alpha value is -2.35. The fourth-order valence-electron chi connectivity index (χ4n) is 3.20. The monoisotopic (exact) mass is 388 g/mol. The predicted molar refractivity (Wildman–Crippen MR) is 103 cm³/mol. The largest absolute Gasteiger partial charge is 0.464 e. The van der Waals surface area contributed by atoms with E-state index in [9.17, 15) is 9.59 Å². The number of esters is 1. The number of ether oxygens (including phenoxy) is 1. The molecule has 2 aromatic rings. The highest BCUT2D eigenvalue weighted by atomic mass is 32.2. The van der Waals surface area contributed by atoms with Crippen LogP contribution in [0.5, 0.6) is 0 Å². The number of carbonyl (C=O) groups is 2. The Morgan fingerprint density at radius 2 is 2.00 bits per heavy atom. The van der Waals surface area contributed by atoms with E-state index in [-0.39, 0.29) is 17.6 Å². The van der Waals surface area contributed by atoms with Crippen LogP contribution in [0.3, 0.4) is 0 Å². The van der Waals surface area contributed by atoms with Crippen LogP contribution in [0.4, 0.5) is 0 Å². The Balaban J connectivity index is 1.65. The van der Waals surface area contributed by atoms with E-state index in [0.29, 0.717) is 24.7 Å². The fraction of sp³-hybridized carbons (Fsp3) is 0.474. The smallest absolute Gasteiger partial charge is 0.328 e. The second kappa shape index (κ2) is 9.03. The van der Waals surface area contributed by atoms with Crippen molar-refractivity contribution in [3.8, 4) is 11.4 Å². The molecule has 1 atom stereocenters. The van der Waals surface area contributed by atoms with Crippen LogP contribution in [0.25, 0.3) is 11.4 Å². The summed E-state index contributed by atoms with van der Waals surface area (Å²) in [6.45, 7) is 2.70. The summed E-state index contributed by atoms with van der Waals surface area (Å²) in [6, 6.07) is 9.33. The number of nitrogens with zero attached hydrogens (tertiary/aromatic N) is 4. The average molecular weight is 388 g/mol. The van der Waals surface area contributed by atoms with Crippen molar-refractivity contribution in [1.82, 2.24) is 19.7 Å². The molecule has 0 N–H and O–H groups in total. The fourth-order valence-corrected chi connectivity index (χ4v) is 4.00. The third-order valence-electron chi connectivity index (χ3n) is 4.57. The van der Waals surface area contributed by atoms with Gasteiger partial charge in [0.2, 0.25) is 5.91 Å². The number of hydrogen-bond acceptors (Lipinski definition) is 6. The molecule has 0 aliphatic carbocycles. The lowest BCUT2D eigenvalue weighted by molar-refractivity contribution is -0.155. The average Bonchev–Trinajstić information content (AvgIpc) is 3.07. The number of piperidine rings is 1. The second-order valence-electron chi connectivity index (χ2n) is 6.37. The molecule has 7 nitrogen and oxygen atoms in total. The van der Waals surface area contributed by atoms with Gasteiger partial charge in [-0.1, -0.05) is 42.1 Å². The van der Waals surface area contributed by atoms with E-state index in [0.717, 1.165) is 24.2 Å². The number of benzene rings is 1. The molecule has 1 fully saturated rings. The summed E-state index contributed by atoms with van der Waals surface area (Å²) in [5.74, 6) is 0.604. The van der Waals surface area contributed by atoms with Crippen LogP contribution in [-0.2, 0) is 21.4 Å². The first-order valence-corrected chi connectivity index (χ1v) is 10.1. The zero-order valence-electron chi connectivity index (χ0n) is 15.6. The SMILES string of the molecule is CCOC(=O)[C@@H]1CCCCN1C(=O)CSc1nnc(-c2ccccc2)n1C. The molecule has 1 aliphatic rings. The molecule has 1 aromatic carbocycles. The second-order valence-corrected chi connectivity index (χ2v) is 7.31. The van der Waals surface area contributed by atoms with Crippen molar-refractivity contribution < 1.29 is 14.3 Å². The van der Waals surface area contributed by atoms with E-state index in [4.69, 9.17) is 4.74 Å². The minimum atomic E-state index is -0.467. The zero-order valence-corrected chi connectivity index (χ0v) is 16.4. The first-order chi connectivity index (χ1) is 13.1. The summed E-state index contributed by atoms with van der Waals surface area (Å²) >= 11 is 1.34. The molecule has 8 heteroatoms. The quantitative estimate of drug-likeness (QED) is 0.559. The highest BCUT2D eigenvalue weighted by molar-refractivity contribution is 7.99. The molecule has 1 amide bonds. The number of likely N-dealkylation sites (tertiary alicyclic amines) is 1. The molecule has 0 unspecified atom stereocenters. The molecule has 2 heterocycles. The molecule has 0 saturated carbocycles. The van der Waals surface area contributed by atoms with Crippen molar-refractivity contribution >= 4 is 23.6 Å². The molecule has 1 saturated heterocycles. The first kappa shape index (κ1) is 19.4. The molecule has 0 bridgehead atoms. The van der Waals surface area contributed by atoms with Crippen molar-refractivity contribution in [3.05, 3.63) is 30.3 Å². The summed E-state index contributed by atoms with van der Waals surface area (Å²) in [5, 5.41) is 9.12. The van der Waals surface area contributed by atoms with Crippen molar-refractivity contribution in [3.63, 3.8) is 0 Å². The highest BCUT2D eigenvalue weighted by Gasteiger charge is 2.33. The Kier molecular flexibility index (Phi) is 6.49. The maximum Gasteiger partial charge on any atom is 0.328 e. The summed E-state index contributed by atoms with van der Waals surface area (Å²) < 4.78 is 7.01. The zero-order chi connectivity index (χ0) is 19.2. The van der Waals surface area contributed by atoms with E-state index in [1.807, 2.05) is 41.9 Å². The Morgan fingerprint density at radius 3 is 2.74 bits per heavy atom. The van der Waals surface area contributed by atoms with Gasteiger partial charge >= 0.3 is 5.97 Å². The Bertz CT molecular complexity index is 794. The number of aromatic nitrogens is 3. The maximum absolute atomic E-state index is 12.7. The minimum Gasteiger partial charge on any atom is -0.464 e. The van der Waals surface area contributed by atoms with Crippen molar-refractivity contribution in [2.75, 3.05) is 18.9 Å². The Morgan fingerprint density at radius 1 is 1.22 bits per heavy atom. The molecule has 3 rings (SSSR count). The molecular formula is C19H24N4O3S. The lowest BCUT2D eigenvalue weighted by atomic mass is 10.0. The van der Waals surface area contributed by atoms with E-state index in [1.165, 1.54) is 11.8 Å². The summed E-state index contributed by atoms with van der Waals surface area (Å²) in [6.07, 6.45) is 2.51. The van der Waals surface area contributed by atoms with E-state index < -0.39 is 6.04 Å². The van der Waals surface area contributed by atoms with Crippen LogP contribution >= 0.6 is 11.8 Å². The normalized spacial score (nSPS) is 17.0. The Labute approximate surface area is 163 Å². The van der Waals surface area contributed by atoms with Crippen molar-refractivity contribution in [2.45, 2.75) is 37.4 Å². The first-order valence-electron chi connectivity index (χ1n) is 9.15. The third-order valence-corrected chi connectivity index (χ3v) is 5.58. The number of hydrogen-bond donors (Lipinski definition) is 0. The van der Waals surface area contributed by atoms with Crippen LogP contribution < -0.4 is 0 Å². The molecule has 27 heavy (non-hydrogen) atoms. The van der Waals surface area contributed by atoms with Crippen LogP contribution in [0.1, 0.15) is 26.2 Å². The van der Waals surface area contributed by atoms with Gasteiger partial charge < -0.3 is 14.2 Å². The topological polar surface area (TPSA) is 77.3 Å². The van der Waals surface area contributed by atoms with Crippen LogP contribution in [0.15, 0.2) is 35.5 Å². The number of rotatable bonds is 6. The molecule has 144 valence electrons. The van der Waals surface area contributed by atoms with Gasteiger partial charge in [-0.25, -0.2) is 4.79 Å². The third kappa shape index (κ3) is 4.50. The van der Waals surface area contributed by atoms with Gasteiger partial charge in [-0.15, -0.1) is 10.2 Å². The molecule has 0 radical (unpaired) electrons. The van der Waals surface area contributed by atoms with Gasteiger partial charge in [0.05, 0.1) is 12.4 Å². The highest BCUT2D eigenvalue weighted by Crippen LogP contribution is 2.24. The summed E-state index contributed by atoms with van der Waals surface area (Å²) in [5.41, 5.74) is 0.976. The van der Waals surface area contributed by atoms with Gasteiger partial charge in [-0.3, -0.25) is 4.79 Å². The van der Waals surface area contributed by atoms with Crippen LogP contribution in [-0.4, -0.2) is 56.5 Å².